The normalized spacial score (nSPS) is 52.2. The molecule has 1 fully saturated rings. The summed E-state index contributed by atoms with van der Waals surface area (Å²) in [6.07, 6.45) is -8.48. The summed E-state index contributed by atoms with van der Waals surface area (Å²) >= 11 is 0. The van der Waals surface area contributed by atoms with E-state index < -0.39 is 36.6 Å². The van der Waals surface area contributed by atoms with Crippen molar-refractivity contribution in [2.45, 2.75) is 36.6 Å². The lowest BCUT2D eigenvalue weighted by molar-refractivity contribution is -0.229. The van der Waals surface area contributed by atoms with E-state index in [0.717, 1.165) is 0 Å². The van der Waals surface area contributed by atoms with Gasteiger partial charge in [0.15, 0.2) is 0 Å². The van der Waals surface area contributed by atoms with Crippen LogP contribution in [0.2, 0.25) is 0 Å². The molecule has 0 aromatic rings. The highest BCUT2D eigenvalue weighted by molar-refractivity contribution is 4.99. The summed E-state index contributed by atoms with van der Waals surface area (Å²) in [6, 6.07) is 0. The second-order valence-electron chi connectivity index (χ2n) is 3.15. The first kappa shape index (κ1) is 10.8. The van der Waals surface area contributed by atoms with Gasteiger partial charge >= 0.3 is 0 Å². The van der Waals surface area contributed by atoms with E-state index in [1.165, 1.54) is 7.11 Å². The molecule has 0 radical (unpaired) electrons. The maximum atomic E-state index is 9.29. The maximum Gasteiger partial charge on any atom is 0.114 e. The second kappa shape index (κ2) is 3.87. The van der Waals surface area contributed by atoms with Gasteiger partial charge in [0.25, 0.3) is 0 Å². The standard InChI is InChI=1S/C7H14O6/c1-13-7-5(11)3(9)2(8)4(10)6(7)12/h2-12H,1H3/t2?,3-,4-,5+,6+,7?/m0/s1. The highest BCUT2D eigenvalue weighted by Gasteiger charge is 2.48. The molecule has 0 spiro atoms. The average molecular weight is 194 g/mol. The smallest absolute Gasteiger partial charge is 0.114 e. The summed E-state index contributed by atoms with van der Waals surface area (Å²) in [5, 5.41) is 46.1. The topological polar surface area (TPSA) is 110 Å². The molecule has 78 valence electrons. The lowest BCUT2D eigenvalue weighted by Gasteiger charge is -2.40. The zero-order chi connectivity index (χ0) is 10.2. The molecule has 0 aromatic carbocycles. The Hall–Kier alpha value is -0.240. The van der Waals surface area contributed by atoms with Crippen molar-refractivity contribution in [3.8, 4) is 0 Å². The van der Waals surface area contributed by atoms with Crippen LogP contribution in [0, 0.1) is 0 Å². The summed E-state index contributed by atoms with van der Waals surface area (Å²) in [5.41, 5.74) is 0. The van der Waals surface area contributed by atoms with Crippen LogP contribution in [0.15, 0.2) is 0 Å². The molecule has 13 heavy (non-hydrogen) atoms. The molecular formula is C7H14O6. The molecule has 1 saturated carbocycles. The molecule has 5 N–H and O–H groups in total. The Morgan fingerprint density at radius 3 is 1.31 bits per heavy atom. The van der Waals surface area contributed by atoms with Gasteiger partial charge in [-0.1, -0.05) is 0 Å². The van der Waals surface area contributed by atoms with Crippen LogP contribution in [-0.4, -0.2) is 69.3 Å². The van der Waals surface area contributed by atoms with Crippen molar-refractivity contribution in [3.63, 3.8) is 0 Å². The predicted molar refractivity (Wildman–Crippen MR) is 40.8 cm³/mol. The molecule has 1 rings (SSSR count). The van der Waals surface area contributed by atoms with Gasteiger partial charge in [-0.25, -0.2) is 0 Å². The Bertz CT molecular complexity index is 158. The zero-order valence-corrected chi connectivity index (χ0v) is 7.11. The van der Waals surface area contributed by atoms with E-state index in [-0.39, 0.29) is 0 Å². The monoisotopic (exact) mass is 194 g/mol. The Kier molecular flexibility index (Phi) is 3.23. The van der Waals surface area contributed by atoms with Crippen LogP contribution in [0.4, 0.5) is 0 Å². The van der Waals surface area contributed by atoms with E-state index in [2.05, 4.69) is 4.74 Å². The molecule has 0 unspecified atom stereocenters. The minimum absolute atomic E-state index is 1.09. The van der Waals surface area contributed by atoms with E-state index in [4.69, 9.17) is 5.11 Å². The molecule has 0 saturated heterocycles. The quantitative estimate of drug-likeness (QED) is 0.301. The third-order valence-electron chi connectivity index (χ3n) is 2.35. The predicted octanol–water partition coefficient (Wildman–Crippen LogP) is -3.18. The van der Waals surface area contributed by atoms with Gasteiger partial charge in [0, 0.05) is 7.11 Å². The fraction of sp³-hybridized carbons (Fsp3) is 1.00. The molecule has 6 nitrogen and oxygen atoms in total. The molecule has 0 heterocycles. The van der Waals surface area contributed by atoms with Crippen molar-refractivity contribution < 1.29 is 30.3 Å². The van der Waals surface area contributed by atoms with Gasteiger partial charge < -0.3 is 30.3 Å². The minimum atomic E-state index is -1.56. The number of ether oxygens (including phenoxy) is 1. The van der Waals surface area contributed by atoms with E-state index in [1.807, 2.05) is 0 Å². The van der Waals surface area contributed by atoms with Crippen LogP contribution in [-0.2, 0) is 4.74 Å². The van der Waals surface area contributed by atoms with E-state index in [0.29, 0.717) is 0 Å². The van der Waals surface area contributed by atoms with Crippen molar-refractivity contribution in [2.24, 2.45) is 0 Å². The molecule has 1 aliphatic carbocycles. The number of hydrogen-bond acceptors (Lipinski definition) is 6. The first-order valence-electron chi connectivity index (χ1n) is 3.93. The number of hydrogen-bond donors (Lipinski definition) is 5. The van der Waals surface area contributed by atoms with E-state index in [1.54, 1.807) is 0 Å². The van der Waals surface area contributed by atoms with Crippen LogP contribution < -0.4 is 0 Å². The number of methoxy groups -OCH3 is 1. The molecule has 4 atom stereocenters. The van der Waals surface area contributed by atoms with Gasteiger partial charge in [0.1, 0.15) is 36.6 Å². The molecule has 6 heteroatoms. The minimum Gasteiger partial charge on any atom is -0.387 e. The Labute approximate surface area is 75.0 Å². The lowest BCUT2D eigenvalue weighted by Crippen LogP contribution is -2.64. The number of aliphatic hydroxyl groups is 5. The van der Waals surface area contributed by atoms with Crippen LogP contribution in [0.3, 0.4) is 0 Å². The lowest BCUT2D eigenvalue weighted by atomic mass is 9.85. The van der Waals surface area contributed by atoms with Crippen molar-refractivity contribution in [1.82, 2.24) is 0 Å². The molecule has 0 amide bonds. The van der Waals surface area contributed by atoms with Crippen LogP contribution in [0.5, 0.6) is 0 Å². The SMILES string of the molecule is COC1[C@H](O)[C@@H](O)C(O)[C@H](O)[C@H]1O. The summed E-state index contributed by atoms with van der Waals surface area (Å²) in [6.45, 7) is 0. The molecule has 0 aromatic heterocycles. The van der Waals surface area contributed by atoms with Gasteiger partial charge in [-0.15, -0.1) is 0 Å². The average Bonchev–Trinajstić information content (AvgIpc) is 2.13. The van der Waals surface area contributed by atoms with Gasteiger partial charge in [0.05, 0.1) is 0 Å². The summed E-state index contributed by atoms with van der Waals surface area (Å²) in [5.74, 6) is 0. The van der Waals surface area contributed by atoms with Gasteiger partial charge in [0.2, 0.25) is 0 Å². The highest BCUT2D eigenvalue weighted by Crippen LogP contribution is 2.23. The van der Waals surface area contributed by atoms with E-state index in [9.17, 15) is 20.4 Å². The first-order valence-corrected chi connectivity index (χ1v) is 3.93. The van der Waals surface area contributed by atoms with Crippen LogP contribution in [0.25, 0.3) is 0 Å². The highest BCUT2D eigenvalue weighted by atomic mass is 16.5. The first-order chi connectivity index (χ1) is 6.00. The largest absolute Gasteiger partial charge is 0.387 e. The molecule has 0 aliphatic heterocycles. The maximum absolute atomic E-state index is 9.29. The van der Waals surface area contributed by atoms with Crippen LogP contribution in [0.1, 0.15) is 0 Å². The van der Waals surface area contributed by atoms with Crippen molar-refractivity contribution >= 4 is 0 Å². The fourth-order valence-corrected chi connectivity index (χ4v) is 1.48. The zero-order valence-electron chi connectivity index (χ0n) is 7.11. The molecule has 1 aliphatic rings. The van der Waals surface area contributed by atoms with Gasteiger partial charge in [-0.2, -0.15) is 0 Å². The summed E-state index contributed by atoms with van der Waals surface area (Å²) < 4.78 is 4.67. The van der Waals surface area contributed by atoms with E-state index >= 15 is 0 Å². The fourth-order valence-electron chi connectivity index (χ4n) is 1.48. The Morgan fingerprint density at radius 2 is 1.00 bits per heavy atom. The summed E-state index contributed by atoms with van der Waals surface area (Å²) in [7, 11) is 1.23. The van der Waals surface area contributed by atoms with Crippen LogP contribution >= 0.6 is 0 Å². The third kappa shape index (κ3) is 1.69. The number of rotatable bonds is 1. The molecule has 0 bridgehead atoms. The summed E-state index contributed by atoms with van der Waals surface area (Å²) in [4.78, 5) is 0. The van der Waals surface area contributed by atoms with Crippen molar-refractivity contribution in [3.05, 3.63) is 0 Å². The van der Waals surface area contributed by atoms with Crippen molar-refractivity contribution in [1.29, 1.82) is 0 Å². The van der Waals surface area contributed by atoms with Gasteiger partial charge in [-0.3, -0.25) is 0 Å². The third-order valence-corrected chi connectivity index (χ3v) is 2.35. The Morgan fingerprint density at radius 1 is 0.692 bits per heavy atom. The number of aliphatic hydroxyl groups excluding tert-OH is 5. The van der Waals surface area contributed by atoms with Gasteiger partial charge in [-0.05, 0) is 0 Å². The Balaban J connectivity index is 2.79. The second-order valence-corrected chi connectivity index (χ2v) is 3.15. The molecular weight excluding hydrogens is 180 g/mol. The van der Waals surface area contributed by atoms with Crippen molar-refractivity contribution in [2.75, 3.05) is 7.11 Å².